The summed E-state index contributed by atoms with van der Waals surface area (Å²) in [4.78, 5) is 10.4. The molecule has 114 valence electrons. The third-order valence-corrected chi connectivity index (χ3v) is 3.44. The molecular formula is C12H16N4O4S. The topological polar surface area (TPSA) is 125 Å². The van der Waals surface area contributed by atoms with Crippen molar-refractivity contribution in [1.82, 2.24) is 4.72 Å². The van der Waals surface area contributed by atoms with Crippen LogP contribution in [0.25, 0.3) is 0 Å². The van der Waals surface area contributed by atoms with Crippen molar-refractivity contribution in [3.63, 3.8) is 0 Å². The Hall–Kier alpha value is -2.18. The van der Waals surface area contributed by atoms with Gasteiger partial charge in [0.15, 0.2) is 0 Å². The Morgan fingerprint density at radius 1 is 1.43 bits per heavy atom. The predicted octanol–water partition coefficient (Wildman–Crippen LogP) is 1.21. The quantitative estimate of drug-likeness (QED) is 0.600. The lowest BCUT2D eigenvalue weighted by Gasteiger charge is -2.25. The molecule has 0 amide bonds. The van der Waals surface area contributed by atoms with Crippen LogP contribution < -0.4 is 10.0 Å². The minimum Gasteiger partial charge on any atom is -0.378 e. The van der Waals surface area contributed by atoms with Gasteiger partial charge in [0.2, 0.25) is 10.0 Å². The fourth-order valence-electron chi connectivity index (χ4n) is 1.83. The fourth-order valence-corrected chi connectivity index (χ4v) is 2.90. The van der Waals surface area contributed by atoms with E-state index < -0.39 is 20.5 Å². The summed E-state index contributed by atoms with van der Waals surface area (Å²) in [7, 11) is -3.40. The van der Waals surface area contributed by atoms with Crippen LogP contribution in [0.2, 0.25) is 0 Å². The van der Waals surface area contributed by atoms with Gasteiger partial charge in [0.1, 0.15) is 17.3 Å². The highest BCUT2D eigenvalue weighted by atomic mass is 32.2. The van der Waals surface area contributed by atoms with E-state index in [0.29, 0.717) is 0 Å². The summed E-state index contributed by atoms with van der Waals surface area (Å²) in [5.41, 5.74) is -1.05. The van der Waals surface area contributed by atoms with Crippen molar-refractivity contribution >= 4 is 21.4 Å². The second kappa shape index (κ2) is 6.07. The highest BCUT2D eigenvalue weighted by Crippen LogP contribution is 2.28. The first-order chi connectivity index (χ1) is 9.56. The summed E-state index contributed by atoms with van der Waals surface area (Å²) in [5.74, 6) is 0. The second-order valence-electron chi connectivity index (χ2n) is 5.18. The van der Waals surface area contributed by atoms with E-state index in [9.17, 15) is 18.5 Å². The van der Waals surface area contributed by atoms with Crippen LogP contribution in [0.5, 0.6) is 0 Å². The van der Waals surface area contributed by atoms with Crippen molar-refractivity contribution in [1.29, 1.82) is 5.26 Å². The molecule has 1 rings (SSSR count). The number of nitrogens with one attached hydrogen (secondary N) is 2. The number of sulfonamides is 1. The van der Waals surface area contributed by atoms with Crippen LogP contribution in [0.15, 0.2) is 18.2 Å². The molecule has 0 bridgehead atoms. The number of nitrogens with zero attached hydrogens (tertiary/aromatic N) is 2. The summed E-state index contributed by atoms with van der Waals surface area (Å²) in [6.45, 7) is 3.40. The normalized spacial score (nSPS) is 11.7. The molecule has 0 spiro atoms. The van der Waals surface area contributed by atoms with Gasteiger partial charge in [0.25, 0.3) is 0 Å². The monoisotopic (exact) mass is 312 g/mol. The smallest absolute Gasteiger partial charge is 0.309 e. The zero-order valence-electron chi connectivity index (χ0n) is 11.9. The second-order valence-corrected chi connectivity index (χ2v) is 6.93. The molecular weight excluding hydrogens is 296 g/mol. The maximum Gasteiger partial charge on any atom is 0.309 e. The van der Waals surface area contributed by atoms with Crippen LogP contribution in [0.4, 0.5) is 11.4 Å². The summed E-state index contributed by atoms with van der Waals surface area (Å²) in [5, 5.41) is 22.8. The molecule has 0 saturated heterocycles. The number of rotatable bonds is 6. The van der Waals surface area contributed by atoms with Crippen molar-refractivity contribution in [2.75, 3.05) is 18.1 Å². The number of hydrogen-bond donors (Lipinski definition) is 2. The summed E-state index contributed by atoms with van der Waals surface area (Å²) in [6, 6.07) is 6.10. The largest absolute Gasteiger partial charge is 0.378 e. The van der Waals surface area contributed by atoms with Crippen LogP contribution in [-0.4, -0.2) is 31.7 Å². The zero-order valence-corrected chi connectivity index (χ0v) is 12.7. The lowest BCUT2D eigenvalue weighted by atomic mass is 10.1. The first-order valence-electron chi connectivity index (χ1n) is 5.96. The first kappa shape index (κ1) is 16.9. The number of nitriles is 1. The molecule has 0 saturated carbocycles. The third kappa shape index (κ3) is 5.02. The highest BCUT2D eigenvalue weighted by molar-refractivity contribution is 7.88. The molecule has 0 atom stereocenters. The SMILES string of the molecule is CC(C)(CNc1cccc(C#N)c1[N+](=O)[O-])NS(C)(=O)=O. The molecule has 8 nitrogen and oxygen atoms in total. The number of hydrogen-bond acceptors (Lipinski definition) is 6. The van der Waals surface area contributed by atoms with E-state index in [2.05, 4.69) is 10.0 Å². The van der Waals surface area contributed by atoms with Crippen LogP contribution in [0.1, 0.15) is 19.4 Å². The fraction of sp³-hybridized carbons (Fsp3) is 0.417. The number of nitro groups is 1. The van der Waals surface area contributed by atoms with Crippen molar-refractivity contribution in [3.8, 4) is 6.07 Å². The molecule has 2 N–H and O–H groups in total. The Balaban J connectivity index is 3.00. The van der Waals surface area contributed by atoms with E-state index in [1.165, 1.54) is 18.2 Å². The summed E-state index contributed by atoms with van der Waals surface area (Å²) >= 11 is 0. The molecule has 0 aliphatic heterocycles. The molecule has 0 unspecified atom stereocenters. The molecule has 0 heterocycles. The zero-order chi connectivity index (χ0) is 16.3. The predicted molar refractivity (Wildman–Crippen MR) is 78.4 cm³/mol. The Bertz CT molecular complexity index is 692. The average molecular weight is 312 g/mol. The van der Waals surface area contributed by atoms with Crippen LogP contribution in [0.3, 0.4) is 0 Å². The number of anilines is 1. The van der Waals surface area contributed by atoms with Gasteiger partial charge in [-0.15, -0.1) is 0 Å². The Morgan fingerprint density at radius 2 is 2.05 bits per heavy atom. The molecule has 0 fully saturated rings. The van der Waals surface area contributed by atoms with Gasteiger partial charge < -0.3 is 5.32 Å². The molecule has 0 radical (unpaired) electrons. The van der Waals surface area contributed by atoms with Crippen molar-refractivity contribution in [2.45, 2.75) is 19.4 Å². The van der Waals surface area contributed by atoms with Gasteiger partial charge in [-0.3, -0.25) is 10.1 Å². The maximum atomic E-state index is 11.2. The maximum absolute atomic E-state index is 11.2. The van der Waals surface area contributed by atoms with E-state index in [1.54, 1.807) is 19.9 Å². The van der Waals surface area contributed by atoms with E-state index in [1.807, 2.05) is 0 Å². The number of para-hydroxylation sites is 1. The first-order valence-corrected chi connectivity index (χ1v) is 7.85. The lowest BCUT2D eigenvalue weighted by molar-refractivity contribution is -0.384. The van der Waals surface area contributed by atoms with E-state index in [0.717, 1.165) is 6.26 Å². The highest BCUT2D eigenvalue weighted by Gasteiger charge is 2.25. The average Bonchev–Trinajstić information content (AvgIpc) is 2.32. The number of benzene rings is 1. The Kier molecular flexibility index (Phi) is 4.88. The van der Waals surface area contributed by atoms with Crippen molar-refractivity contribution < 1.29 is 13.3 Å². The molecule has 9 heteroatoms. The summed E-state index contributed by atoms with van der Waals surface area (Å²) < 4.78 is 24.9. The van der Waals surface area contributed by atoms with Gasteiger partial charge >= 0.3 is 5.69 Å². The minimum absolute atomic E-state index is 0.0566. The van der Waals surface area contributed by atoms with Gasteiger partial charge in [-0.1, -0.05) is 6.07 Å². The van der Waals surface area contributed by atoms with Crippen molar-refractivity contribution in [2.24, 2.45) is 0 Å². The summed E-state index contributed by atoms with van der Waals surface area (Å²) in [6.07, 6.45) is 1.04. The molecule has 0 aromatic heterocycles. The van der Waals surface area contributed by atoms with E-state index in [4.69, 9.17) is 5.26 Å². The molecule has 0 aliphatic carbocycles. The van der Waals surface area contributed by atoms with Gasteiger partial charge in [-0.25, -0.2) is 13.1 Å². The minimum atomic E-state index is -3.40. The van der Waals surface area contributed by atoms with Gasteiger partial charge in [0, 0.05) is 12.1 Å². The standard InChI is InChI=1S/C12H16N4O4S/c1-12(2,15-21(3,19)20)8-14-10-6-4-5-9(7-13)11(10)16(17)18/h4-6,14-15H,8H2,1-3H3. The van der Waals surface area contributed by atoms with Crippen LogP contribution >= 0.6 is 0 Å². The Morgan fingerprint density at radius 3 is 2.52 bits per heavy atom. The van der Waals surface area contributed by atoms with Crippen molar-refractivity contribution in [3.05, 3.63) is 33.9 Å². The van der Waals surface area contributed by atoms with Gasteiger partial charge in [0.05, 0.1) is 11.2 Å². The molecule has 21 heavy (non-hydrogen) atoms. The van der Waals surface area contributed by atoms with Crippen LogP contribution in [0, 0.1) is 21.4 Å². The third-order valence-electron chi connectivity index (χ3n) is 2.52. The Labute approximate surface area is 123 Å². The molecule has 0 aliphatic rings. The van der Waals surface area contributed by atoms with E-state index in [-0.39, 0.29) is 23.5 Å². The van der Waals surface area contributed by atoms with E-state index >= 15 is 0 Å². The van der Waals surface area contributed by atoms with Crippen LogP contribution in [-0.2, 0) is 10.0 Å². The lowest BCUT2D eigenvalue weighted by Crippen LogP contribution is -2.47. The van der Waals surface area contributed by atoms with Gasteiger partial charge in [-0.05, 0) is 26.0 Å². The molecule has 1 aromatic carbocycles. The van der Waals surface area contributed by atoms with Gasteiger partial charge in [-0.2, -0.15) is 5.26 Å². The number of nitro benzene ring substituents is 1. The molecule has 1 aromatic rings.